The summed E-state index contributed by atoms with van der Waals surface area (Å²) in [6.07, 6.45) is 6.37. The van der Waals surface area contributed by atoms with Crippen molar-refractivity contribution >= 4 is 13.8 Å². The van der Waals surface area contributed by atoms with Crippen molar-refractivity contribution in [3.8, 4) is 0 Å². The fourth-order valence-corrected chi connectivity index (χ4v) is 2.25. The van der Waals surface area contributed by atoms with Crippen LogP contribution in [0.15, 0.2) is 12.2 Å². The van der Waals surface area contributed by atoms with Crippen LogP contribution in [0.3, 0.4) is 0 Å². The molecule has 0 aliphatic heterocycles. The van der Waals surface area contributed by atoms with Crippen molar-refractivity contribution < 1.29 is 28.0 Å². The lowest BCUT2D eigenvalue weighted by molar-refractivity contribution is -0.139. The molecule has 6 nitrogen and oxygen atoms in total. The smallest absolute Gasteiger partial charge is 0.460 e. The Bertz CT molecular complexity index is 355. The molecule has 0 fully saturated rings. The second kappa shape index (κ2) is 11.9. The molecule has 0 saturated carbocycles. The standard InChI is InChI=1S/C14H27O6P/c1-4-5-6-7-8-9-10-19-21(16,17)20-12-11-18-14(15)13(2)3/h2,4-12H2,1,3H3,(H,16,17). The minimum Gasteiger partial charge on any atom is -0.460 e. The van der Waals surface area contributed by atoms with Gasteiger partial charge in [-0.3, -0.25) is 9.05 Å². The first-order valence-corrected chi connectivity index (χ1v) is 8.83. The number of carbonyl (C=O) groups excluding carboxylic acids is 1. The molecule has 0 bridgehead atoms. The van der Waals surface area contributed by atoms with E-state index in [1.54, 1.807) is 0 Å². The van der Waals surface area contributed by atoms with Gasteiger partial charge in [-0.2, -0.15) is 0 Å². The average Bonchev–Trinajstić information content (AvgIpc) is 2.42. The van der Waals surface area contributed by atoms with Crippen LogP contribution in [0.2, 0.25) is 0 Å². The first kappa shape index (κ1) is 20.3. The predicted octanol–water partition coefficient (Wildman–Crippen LogP) is 3.60. The van der Waals surface area contributed by atoms with Crippen LogP contribution in [0.25, 0.3) is 0 Å². The molecule has 1 unspecified atom stereocenters. The molecule has 0 saturated heterocycles. The van der Waals surface area contributed by atoms with Gasteiger partial charge in [-0.25, -0.2) is 9.36 Å². The zero-order chi connectivity index (χ0) is 16.1. The highest BCUT2D eigenvalue weighted by Crippen LogP contribution is 2.43. The number of esters is 1. The fraction of sp³-hybridized carbons (Fsp3) is 0.786. The van der Waals surface area contributed by atoms with Crippen molar-refractivity contribution in [1.29, 1.82) is 0 Å². The van der Waals surface area contributed by atoms with Gasteiger partial charge in [0, 0.05) is 5.57 Å². The molecule has 0 radical (unpaired) electrons. The first-order chi connectivity index (χ1) is 9.89. The van der Waals surface area contributed by atoms with Crippen LogP contribution >= 0.6 is 7.82 Å². The molecule has 1 atom stereocenters. The van der Waals surface area contributed by atoms with Crippen LogP contribution in [-0.2, 0) is 23.1 Å². The quantitative estimate of drug-likeness (QED) is 0.241. The lowest BCUT2D eigenvalue weighted by Gasteiger charge is -2.12. The van der Waals surface area contributed by atoms with Gasteiger partial charge in [-0.1, -0.05) is 45.6 Å². The highest BCUT2D eigenvalue weighted by atomic mass is 31.2. The van der Waals surface area contributed by atoms with Gasteiger partial charge in [0.2, 0.25) is 0 Å². The summed E-state index contributed by atoms with van der Waals surface area (Å²) >= 11 is 0. The van der Waals surface area contributed by atoms with E-state index in [0.29, 0.717) is 0 Å². The van der Waals surface area contributed by atoms with Crippen molar-refractivity contribution in [3.63, 3.8) is 0 Å². The molecular formula is C14H27O6P. The number of unbranched alkanes of at least 4 members (excludes halogenated alkanes) is 5. The molecule has 0 aromatic heterocycles. The zero-order valence-electron chi connectivity index (χ0n) is 13.0. The largest absolute Gasteiger partial charge is 0.472 e. The number of hydrogen-bond acceptors (Lipinski definition) is 5. The lowest BCUT2D eigenvalue weighted by Crippen LogP contribution is -2.10. The molecule has 0 aliphatic carbocycles. The van der Waals surface area contributed by atoms with Crippen LogP contribution < -0.4 is 0 Å². The summed E-state index contributed by atoms with van der Waals surface area (Å²) < 4.78 is 25.7. The Kier molecular flexibility index (Phi) is 11.5. The Balaban J connectivity index is 3.58. The van der Waals surface area contributed by atoms with E-state index in [1.165, 1.54) is 26.2 Å². The van der Waals surface area contributed by atoms with Crippen LogP contribution in [0.1, 0.15) is 52.4 Å². The van der Waals surface area contributed by atoms with Crippen LogP contribution in [-0.4, -0.2) is 30.7 Å². The monoisotopic (exact) mass is 322 g/mol. The number of ether oxygens (including phenoxy) is 1. The van der Waals surface area contributed by atoms with E-state index < -0.39 is 13.8 Å². The molecule has 0 aliphatic rings. The van der Waals surface area contributed by atoms with Gasteiger partial charge in [0.25, 0.3) is 0 Å². The number of carbonyl (C=O) groups is 1. The maximum absolute atomic E-state index is 11.5. The third kappa shape index (κ3) is 12.8. The Morgan fingerprint density at radius 3 is 2.24 bits per heavy atom. The Hall–Kier alpha value is -0.680. The third-order valence-electron chi connectivity index (χ3n) is 2.67. The average molecular weight is 322 g/mol. The summed E-state index contributed by atoms with van der Waals surface area (Å²) in [6, 6.07) is 0. The van der Waals surface area contributed by atoms with Crippen molar-refractivity contribution in [2.45, 2.75) is 52.4 Å². The molecular weight excluding hydrogens is 295 g/mol. The molecule has 0 aromatic carbocycles. The molecule has 124 valence electrons. The van der Waals surface area contributed by atoms with E-state index in [1.807, 2.05) is 0 Å². The highest BCUT2D eigenvalue weighted by molar-refractivity contribution is 7.47. The van der Waals surface area contributed by atoms with Gasteiger partial charge in [-0.15, -0.1) is 0 Å². The van der Waals surface area contributed by atoms with E-state index >= 15 is 0 Å². The Morgan fingerprint density at radius 1 is 1.05 bits per heavy atom. The van der Waals surface area contributed by atoms with Crippen molar-refractivity contribution in [3.05, 3.63) is 12.2 Å². The van der Waals surface area contributed by atoms with Gasteiger partial charge in [0.05, 0.1) is 13.2 Å². The summed E-state index contributed by atoms with van der Waals surface area (Å²) in [5, 5.41) is 0. The Morgan fingerprint density at radius 2 is 1.62 bits per heavy atom. The lowest BCUT2D eigenvalue weighted by atomic mass is 10.1. The van der Waals surface area contributed by atoms with Gasteiger partial charge < -0.3 is 9.63 Å². The number of phosphoric ester groups is 1. The van der Waals surface area contributed by atoms with Crippen LogP contribution in [0, 0.1) is 0 Å². The number of phosphoric acid groups is 1. The zero-order valence-corrected chi connectivity index (χ0v) is 13.9. The summed E-state index contributed by atoms with van der Waals surface area (Å²) in [6.45, 7) is 6.96. The van der Waals surface area contributed by atoms with Gasteiger partial charge in [-0.05, 0) is 13.3 Å². The molecule has 0 rings (SSSR count). The second-order valence-electron chi connectivity index (χ2n) is 4.82. The first-order valence-electron chi connectivity index (χ1n) is 7.33. The van der Waals surface area contributed by atoms with Gasteiger partial charge >= 0.3 is 13.8 Å². The van der Waals surface area contributed by atoms with Gasteiger partial charge in [0.1, 0.15) is 6.61 Å². The highest BCUT2D eigenvalue weighted by Gasteiger charge is 2.20. The van der Waals surface area contributed by atoms with Crippen molar-refractivity contribution in [2.75, 3.05) is 19.8 Å². The molecule has 0 heterocycles. The molecule has 0 amide bonds. The maximum atomic E-state index is 11.5. The fourth-order valence-electron chi connectivity index (χ4n) is 1.51. The second-order valence-corrected chi connectivity index (χ2v) is 6.27. The SMILES string of the molecule is C=C(C)C(=O)OCCOP(=O)(O)OCCCCCCCC. The molecule has 1 N–H and O–H groups in total. The number of hydrogen-bond donors (Lipinski definition) is 1. The summed E-state index contributed by atoms with van der Waals surface area (Å²) in [4.78, 5) is 20.4. The predicted molar refractivity (Wildman–Crippen MR) is 80.9 cm³/mol. The van der Waals surface area contributed by atoms with Crippen LogP contribution in [0.5, 0.6) is 0 Å². The molecule has 0 aromatic rings. The topological polar surface area (TPSA) is 82.1 Å². The number of rotatable bonds is 13. The van der Waals surface area contributed by atoms with E-state index in [9.17, 15) is 14.3 Å². The molecule has 7 heteroatoms. The minimum absolute atomic E-state index is 0.114. The summed E-state index contributed by atoms with van der Waals surface area (Å²) in [5.41, 5.74) is 0.265. The minimum atomic E-state index is -4.05. The third-order valence-corrected chi connectivity index (χ3v) is 3.69. The van der Waals surface area contributed by atoms with E-state index in [-0.39, 0.29) is 25.4 Å². The summed E-state index contributed by atoms with van der Waals surface area (Å²) in [7, 11) is -4.05. The van der Waals surface area contributed by atoms with E-state index in [4.69, 9.17) is 9.26 Å². The van der Waals surface area contributed by atoms with E-state index in [0.717, 1.165) is 19.3 Å². The van der Waals surface area contributed by atoms with E-state index in [2.05, 4.69) is 18.0 Å². The normalized spacial score (nSPS) is 13.7. The summed E-state index contributed by atoms with van der Waals surface area (Å²) in [5.74, 6) is -0.556. The maximum Gasteiger partial charge on any atom is 0.472 e. The van der Waals surface area contributed by atoms with Crippen molar-refractivity contribution in [1.82, 2.24) is 0 Å². The molecule has 0 spiro atoms. The van der Waals surface area contributed by atoms with Crippen LogP contribution in [0.4, 0.5) is 0 Å². The van der Waals surface area contributed by atoms with Crippen molar-refractivity contribution in [2.24, 2.45) is 0 Å². The molecule has 21 heavy (non-hydrogen) atoms. The Labute approximate surface area is 127 Å². The van der Waals surface area contributed by atoms with Gasteiger partial charge in [0.15, 0.2) is 0 Å².